The Morgan fingerprint density at radius 1 is 1.39 bits per heavy atom. The molecule has 1 rings (SSSR count). The second kappa shape index (κ2) is 6.12. The van der Waals surface area contributed by atoms with Crippen LogP contribution in [0.3, 0.4) is 0 Å². The number of halogens is 2. The summed E-state index contributed by atoms with van der Waals surface area (Å²) in [6, 6.07) is 3.07. The van der Waals surface area contributed by atoms with Crippen LogP contribution in [0, 0.1) is 0 Å². The Morgan fingerprint density at radius 3 is 2.28 bits per heavy atom. The minimum atomic E-state index is -0.135. The van der Waals surface area contributed by atoms with Gasteiger partial charge in [0.25, 0.3) is 5.91 Å². The summed E-state index contributed by atoms with van der Waals surface area (Å²) in [5.74, 6) is -0.135. The first-order valence-corrected chi connectivity index (χ1v) is 6.30. The fraction of sp³-hybridized carbons (Fsp3) is 0.308. The smallest absolute Gasteiger partial charge is 0.254 e. The third-order valence-corrected chi connectivity index (χ3v) is 3.08. The maximum Gasteiger partial charge on any atom is 0.254 e. The largest absolute Gasteiger partial charge is 0.396 e. The van der Waals surface area contributed by atoms with Gasteiger partial charge >= 0.3 is 0 Å². The Kier molecular flexibility index (Phi) is 5.05. The molecule has 5 heteroatoms. The Hall–Kier alpha value is -1.19. The highest BCUT2D eigenvalue weighted by Crippen LogP contribution is 2.29. The van der Waals surface area contributed by atoms with Gasteiger partial charge in [-0.15, -0.1) is 0 Å². The number of hydrogen-bond acceptors (Lipinski definition) is 2. The van der Waals surface area contributed by atoms with Gasteiger partial charge in [-0.1, -0.05) is 35.4 Å². The number of carbonyl (C=O) groups excluding carboxylic acids is 1. The zero-order valence-corrected chi connectivity index (χ0v) is 12.0. The molecular formula is C13H16Cl2N2O. The van der Waals surface area contributed by atoms with Crippen LogP contribution in [0.1, 0.15) is 24.2 Å². The molecule has 2 N–H and O–H groups in total. The fourth-order valence-electron chi connectivity index (χ4n) is 1.54. The van der Waals surface area contributed by atoms with Crippen LogP contribution in [0.5, 0.6) is 0 Å². The summed E-state index contributed by atoms with van der Waals surface area (Å²) in [5, 5.41) is 0.578. The lowest BCUT2D eigenvalue weighted by Gasteiger charge is -2.21. The van der Waals surface area contributed by atoms with E-state index in [-0.39, 0.29) is 21.6 Å². The number of likely N-dealkylation sites (N-methyl/N-ethyl adjacent to an activating group) is 1. The molecule has 1 aromatic carbocycles. The van der Waals surface area contributed by atoms with E-state index in [2.05, 4.69) is 6.58 Å². The average Bonchev–Trinajstić information content (AvgIpc) is 2.31. The molecule has 0 unspecified atom stereocenters. The van der Waals surface area contributed by atoms with E-state index in [4.69, 9.17) is 28.9 Å². The van der Waals surface area contributed by atoms with Crippen LogP contribution in [-0.2, 0) is 0 Å². The Bertz CT molecular complexity index is 463. The molecule has 0 atom stereocenters. The predicted octanol–water partition coefficient (Wildman–Crippen LogP) is 3.61. The molecule has 0 radical (unpaired) electrons. The van der Waals surface area contributed by atoms with E-state index >= 15 is 0 Å². The van der Waals surface area contributed by atoms with Crippen molar-refractivity contribution < 1.29 is 4.79 Å². The van der Waals surface area contributed by atoms with E-state index in [1.165, 1.54) is 12.1 Å². The van der Waals surface area contributed by atoms with Crippen molar-refractivity contribution in [1.29, 1.82) is 0 Å². The van der Waals surface area contributed by atoms with Crippen molar-refractivity contribution in [1.82, 2.24) is 4.90 Å². The van der Waals surface area contributed by atoms with Gasteiger partial charge in [0, 0.05) is 18.7 Å². The highest BCUT2D eigenvalue weighted by Gasteiger charge is 2.16. The molecule has 1 aromatic rings. The summed E-state index contributed by atoms with van der Waals surface area (Å²) in [5.41, 5.74) is 7.27. The van der Waals surface area contributed by atoms with Crippen LogP contribution in [0.2, 0.25) is 10.0 Å². The molecule has 0 saturated carbocycles. The minimum absolute atomic E-state index is 0.135. The predicted molar refractivity (Wildman–Crippen MR) is 77.3 cm³/mol. The fourth-order valence-corrected chi connectivity index (χ4v) is 2.03. The van der Waals surface area contributed by atoms with Crippen LogP contribution >= 0.6 is 23.2 Å². The third kappa shape index (κ3) is 3.40. The van der Waals surface area contributed by atoms with Gasteiger partial charge in [0.05, 0.1) is 15.7 Å². The normalized spacial score (nSPS) is 10.2. The second-order valence-electron chi connectivity index (χ2n) is 4.13. The zero-order valence-electron chi connectivity index (χ0n) is 10.5. The van der Waals surface area contributed by atoms with Crippen molar-refractivity contribution >= 4 is 34.8 Å². The van der Waals surface area contributed by atoms with Crippen molar-refractivity contribution in [2.75, 3.05) is 18.8 Å². The molecule has 0 heterocycles. The summed E-state index contributed by atoms with van der Waals surface area (Å²) >= 11 is 11.8. The van der Waals surface area contributed by atoms with Gasteiger partial charge in [-0.25, -0.2) is 0 Å². The molecular weight excluding hydrogens is 271 g/mol. The van der Waals surface area contributed by atoms with E-state index in [0.717, 1.165) is 5.57 Å². The quantitative estimate of drug-likeness (QED) is 0.679. The first-order valence-electron chi connectivity index (χ1n) is 5.55. The average molecular weight is 287 g/mol. The number of benzene rings is 1. The summed E-state index contributed by atoms with van der Waals surface area (Å²) in [4.78, 5) is 13.9. The van der Waals surface area contributed by atoms with E-state index in [1.54, 1.807) is 4.90 Å². The molecule has 0 bridgehead atoms. The van der Waals surface area contributed by atoms with Crippen molar-refractivity contribution in [2.45, 2.75) is 13.8 Å². The Labute approximate surface area is 117 Å². The number of nitrogens with two attached hydrogens (primary N) is 1. The van der Waals surface area contributed by atoms with Crippen molar-refractivity contribution in [3.63, 3.8) is 0 Å². The van der Waals surface area contributed by atoms with Gasteiger partial charge in [-0.2, -0.15) is 0 Å². The van der Waals surface area contributed by atoms with Crippen LogP contribution in [0.25, 0.3) is 0 Å². The Morgan fingerprint density at radius 2 is 1.89 bits per heavy atom. The topological polar surface area (TPSA) is 46.3 Å². The van der Waals surface area contributed by atoms with Crippen LogP contribution in [0.4, 0.5) is 5.69 Å². The number of nitrogen functional groups attached to an aromatic ring is 1. The molecule has 1 amide bonds. The molecule has 0 saturated heterocycles. The first kappa shape index (κ1) is 14.9. The zero-order chi connectivity index (χ0) is 13.9. The molecule has 0 fully saturated rings. The number of anilines is 1. The van der Waals surface area contributed by atoms with Crippen LogP contribution in [-0.4, -0.2) is 23.9 Å². The molecule has 3 nitrogen and oxygen atoms in total. The van der Waals surface area contributed by atoms with Crippen LogP contribution in [0.15, 0.2) is 24.3 Å². The van der Waals surface area contributed by atoms with E-state index in [9.17, 15) is 4.79 Å². The van der Waals surface area contributed by atoms with Crippen molar-refractivity contribution in [3.8, 4) is 0 Å². The molecule has 0 aliphatic rings. The van der Waals surface area contributed by atoms with E-state index < -0.39 is 0 Å². The lowest BCUT2D eigenvalue weighted by molar-refractivity contribution is 0.0778. The summed E-state index contributed by atoms with van der Waals surface area (Å²) in [7, 11) is 0. The molecule has 98 valence electrons. The van der Waals surface area contributed by atoms with Gasteiger partial charge in [-0.05, 0) is 26.0 Å². The second-order valence-corrected chi connectivity index (χ2v) is 4.94. The van der Waals surface area contributed by atoms with E-state index in [0.29, 0.717) is 18.7 Å². The number of nitrogens with zero attached hydrogens (tertiary/aromatic N) is 1. The maximum absolute atomic E-state index is 12.3. The highest BCUT2D eigenvalue weighted by atomic mass is 35.5. The lowest BCUT2D eigenvalue weighted by Crippen LogP contribution is -2.32. The summed E-state index contributed by atoms with van der Waals surface area (Å²) < 4.78 is 0. The van der Waals surface area contributed by atoms with Crippen molar-refractivity contribution in [2.24, 2.45) is 0 Å². The lowest BCUT2D eigenvalue weighted by atomic mass is 10.1. The van der Waals surface area contributed by atoms with Gasteiger partial charge in [0.15, 0.2) is 0 Å². The van der Waals surface area contributed by atoms with Gasteiger partial charge in [0.2, 0.25) is 0 Å². The van der Waals surface area contributed by atoms with Gasteiger partial charge in [0.1, 0.15) is 0 Å². The molecule has 0 spiro atoms. The highest BCUT2D eigenvalue weighted by molar-refractivity contribution is 6.39. The van der Waals surface area contributed by atoms with Gasteiger partial charge < -0.3 is 10.6 Å². The number of hydrogen-bond donors (Lipinski definition) is 1. The number of amides is 1. The SMILES string of the molecule is C=C(C)CN(CC)C(=O)c1cc(Cl)c(N)c(Cl)c1. The van der Waals surface area contributed by atoms with Crippen LogP contribution < -0.4 is 5.73 Å². The standard InChI is InChI=1S/C13H16Cl2N2O/c1-4-17(7-8(2)3)13(18)9-5-10(14)12(16)11(15)6-9/h5-6H,2,4,7,16H2,1,3H3. The Balaban J connectivity index is 3.06. The van der Waals surface area contributed by atoms with Crippen molar-refractivity contribution in [3.05, 3.63) is 39.9 Å². The van der Waals surface area contributed by atoms with E-state index in [1.807, 2.05) is 13.8 Å². The van der Waals surface area contributed by atoms with Gasteiger partial charge in [-0.3, -0.25) is 4.79 Å². The first-order chi connectivity index (χ1) is 8.36. The number of rotatable bonds is 4. The maximum atomic E-state index is 12.3. The summed E-state index contributed by atoms with van der Waals surface area (Å²) in [6.45, 7) is 8.68. The third-order valence-electron chi connectivity index (χ3n) is 2.46. The monoisotopic (exact) mass is 286 g/mol. The summed E-state index contributed by atoms with van der Waals surface area (Å²) in [6.07, 6.45) is 0. The minimum Gasteiger partial charge on any atom is -0.396 e. The molecule has 18 heavy (non-hydrogen) atoms. The number of carbonyl (C=O) groups is 1. The molecule has 0 aromatic heterocycles. The molecule has 0 aliphatic heterocycles. The molecule has 0 aliphatic carbocycles.